The molecule has 0 aliphatic heterocycles. The van der Waals surface area contributed by atoms with Crippen LogP contribution in [0.5, 0.6) is 0 Å². The van der Waals surface area contributed by atoms with E-state index < -0.39 is 7.60 Å². The number of alkyl halides is 2. The molecule has 12 heavy (non-hydrogen) atoms. The first-order valence-corrected chi connectivity index (χ1v) is 6.21. The molecule has 0 amide bonds. The van der Waals surface area contributed by atoms with Crippen molar-refractivity contribution < 1.29 is 14.0 Å². The minimum absolute atomic E-state index is 0.0435. The van der Waals surface area contributed by atoms with Crippen LogP contribution in [0.4, 0.5) is 0 Å². The van der Waals surface area contributed by atoms with Crippen molar-refractivity contribution in [2.24, 2.45) is 0 Å². The summed E-state index contributed by atoms with van der Waals surface area (Å²) < 4.78 is 15.8. The average molecular weight is 235 g/mol. The van der Waals surface area contributed by atoms with Gasteiger partial charge in [-0.3, -0.25) is 4.57 Å². The van der Waals surface area contributed by atoms with Gasteiger partial charge in [0.05, 0.1) is 18.1 Å². The molecular formula is C6H13Cl2O3P. The first kappa shape index (κ1) is 12.7. The van der Waals surface area contributed by atoms with Gasteiger partial charge in [-0.05, 0) is 13.8 Å². The molecule has 0 spiro atoms. The topological polar surface area (TPSA) is 46.5 Å². The fraction of sp³-hybridized carbons (Fsp3) is 1.00. The maximum absolute atomic E-state index is 11.1. The molecule has 6 heteroatoms. The summed E-state index contributed by atoms with van der Waals surface area (Å²) >= 11 is 11.1. The van der Waals surface area contributed by atoms with E-state index >= 15 is 0 Å². The van der Waals surface area contributed by atoms with E-state index in [1.165, 1.54) is 0 Å². The maximum atomic E-state index is 11.1. The van der Waals surface area contributed by atoms with Gasteiger partial charge in [-0.15, -0.1) is 23.2 Å². The van der Waals surface area contributed by atoms with Crippen LogP contribution < -0.4 is 0 Å². The van der Waals surface area contributed by atoms with Crippen LogP contribution in [0.3, 0.4) is 0 Å². The Morgan fingerprint density at radius 3 is 2.25 bits per heavy atom. The summed E-state index contributed by atoms with van der Waals surface area (Å²) in [5.74, 6) is 0. The van der Waals surface area contributed by atoms with Crippen LogP contribution in [-0.4, -0.2) is 28.4 Å². The van der Waals surface area contributed by atoms with Crippen LogP contribution in [0.25, 0.3) is 0 Å². The number of hydrogen-bond acceptors (Lipinski definition) is 2. The molecule has 0 rings (SSSR count). The minimum Gasteiger partial charge on any atom is -0.324 e. The summed E-state index contributed by atoms with van der Waals surface area (Å²) in [6, 6.07) is 0. The molecule has 0 aliphatic rings. The molecule has 74 valence electrons. The predicted octanol–water partition coefficient (Wildman–Crippen LogP) is 2.44. The van der Waals surface area contributed by atoms with Gasteiger partial charge in [0.25, 0.3) is 0 Å². The maximum Gasteiger partial charge on any atom is 0.329 e. The average Bonchev–Trinajstić information content (AvgIpc) is 1.81. The third-order valence-corrected chi connectivity index (χ3v) is 3.05. The quantitative estimate of drug-likeness (QED) is 0.588. The van der Waals surface area contributed by atoms with Crippen molar-refractivity contribution in [3.8, 4) is 0 Å². The highest BCUT2D eigenvalue weighted by Crippen LogP contribution is 2.43. The summed E-state index contributed by atoms with van der Waals surface area (Å²) in [6.45, 7) is 3.39. The highest BCUT2D eigenvalue weighted by molar-refractivity contribution is 7.53. The fourth-order valence-corrected chi connectivity index (χ4v) is 2.46. The summed E-state index contributed by atoms with van der Waals surface area (Å²) in [6.07, 6.45) is -0.0435. The summed E-state index contributed by atoms with van der Waals surface area (Å²) in [5.41, 5.74) is 0. The molecule has 0 aromatic rings. The Labute approximate surface area is 82.5 Å². The van der Waals surface area contributed by atoms with Crippen molar-refractivity contribution in [3.63, 3.8) is 0 Å². The van der Waals surface area contributed by atoms with E-state index in [9.17, 15) is 4.57 Å². The highest BCUT2D eigenvalue weighted by Gasteiger charge is 2.22. The molecule has 0 aromatic carbocycles. The lowest BCUT2D eigenvalue weighted by Crippen LogP contribution is -2.08. The van der Waals surface area contributed by atoms with Crippen molar-refractivity contribution >= 4 is 30.8 Å². The SMILES string of the molecule is CC(Cl)COP(=O)(O)CC(C)Cl. The molecule has 0 radical (unpaired) electrons. The molecule has 0 heterocycles. The zero-order valence-corrected chi connectivity index (χ0v) is 9.44. The summed E-state index contributed by atoms with van der Waals surface area (Å²) in [4.78, 5) is 9.12. The second kappa shape index (κ2) is 5.46. The fourth-order valence-electron chi connectivity index (χ4n) is 0.590. The molecular weight excluding hydrogens is 222 g/mol. The van der Waals surface area contributed by atoms with Gasteiger partial charge in [0.15, 0.2) is 0 Å². The number of hydrogen-bond donors (Lipinski definition) is 1. The van der Waals surface area contributed by atoms with E-state index in [0.29, 0.717) is 0 Å². The van der Waals surface area contributed by atoms with Gasteiger partial charge in [0.1, 0.15) is 0 Å². The van der Waals surface area contributed by atoms with Crippen LogP contribution in [-0.2, 0) is 9.09 Å². The van der Waals surface area contributed by atoms with E-state index in [4.69, 9.17) is 32.6 Å². The molecule has 3 nitrogen and oxygen atoms in total. The molecule has 3 unspecified atom stereocenters. The van der Waals surface area contributed by atoms with Gasteiger partial charge < -0.3 is 9.42 Å². The first-order valence-electron chi connectivity index (χ1n) is 3.58. The second-order valence-electron chi connectivity index (χ2n) is 2.68. The third-order valence-electron chi connectivity index (χ3n) is 0.988. The lowest BCUT2D eigenvalue weighted by atomic mass is 10.5. The van der Waals surface area contributed by atoms with Crippen molar-refractivity contribution in [1.82, 2.24) is 0 Å². The standard InChI is InChI=1S/C6H13Cl2O3P/c1-5(7)3-11-12(9,10)4-6(2)8/h5-6H,3-4H2,1-2H3,(H,9,10). The Bertz CT molecular complexity index is 172. The van der Waals surface area contributed by atoms with Crippen LogP contribution in [0.1, 0.15) is 13.8 Å². The lowest BCUT2D eigenvalue weighted by Gasteiger charge is -2.13. The van der Waals surface area contributed by atoms with E-state index in [2.05, 4.69) is 0 Å². The molecule has 1 N–H and O–H groups in total. The number of rotatable bonds is 5. The van der Waals surface area contributed by atoms with Crippen LogP contribution in [0, 0.1) is 0 Å². The Morgan fingerprint density at radius 2 is 1.92 bits per heavy atom. The van der Waals surface area contributed by atoms with Crippen LogP contribution in [0.15, 0.2) is 0 Å². The normalized spacial score (nSPS) is 21.4. The number of halogens is 2. The Hall–Kier alpha value is 0.730. The molecule has 3 atom stereocenters. The Balaban J connectivity index is 3.80. The highest BCUT2D eigenvalue weighted by atomic mass is 35.5. The molecule has 0 saturated heterocycles. The monoisotopic (exact) mass is 234 g/mol. The van der Waals surface area contributed by atoms with Crippen LogP contribution in [0.2, 0.25) is 0 Å². The molecule has 0 aromatic heterocycles. The molecule has 0 fully saturated rings. The largest absolute Gasteiger partial charge is 0.329 e. The zero-order chi connectivity index (χ0) is 9.78. The van der Waals surface area contributed by atoms with E-state index in [1.807, 2.05) is 0 Å². The molecule has 0 saturated carbocycles. The van der Waals surface area contributed by atoms with Gasteiger partial charge >= 0.3 is 7.60 Å². The van der Waals surface area contributed by atoms with Crippen LogP contribution >= 0.6 is 30.8 Å². The second-order valence-corrected chi connectivity index (χ2v) is 6.07. The molecule has 0 aliphatic carbocycles. The Kier molecular flexibility index (Phi) is 5.79. The van der Waals surface area contributed by atoms with Crippen molar-refractivity contribution in [1.29, 1.82) is 0 Å². The van der Waals surface area contributed by atoms with Gasteiger partial charge in [0.2, 0.25) is 0 Å². The van der Waals surface area contributed by atoms with Crippen molar-refractivity contribution in [2.45, 2.75) is 24.6 Å². The predicted molar refractivity (Wildman–Crippen MR) is 51.3 cm³/mol. The van der Waals surface area contributed by atoms with Crippen molar-refractivity contribution in [2.75, 3.05) is 12.8 Å². The molecule has 0 bridgehead atoms. The van der Waals surface area contributed by atoms with Gasteiger partial charge in [-0.25, -0.2) is 0 Å². The summed E-state index contributed by atoms with van der Waals surface area (Å²) in [7, 11) is -3.52. The van der Waals surface area contributed by atoms with E-state index in [1.54, 1.807) is 13.8 Å². The first-order chi connectivity index (χ1) is 5.33. The van der Waals surface area contributed by atoms with E-state index in [0.717, 1.165) is 0 Å². The van der Waals surface area contributed by atoms with Crippen molar-refractivity contribution in [3.05, 3.63) is 0 Å². The Morgan fingerprint density at radius 1 is 1.42 bits per heavy atom. The van der Waals surface area contributed by atoms with Gasteiger partial charge in [-0.2, -0.15) is 0 Å². The summed E-state index contributed by atoms with van der Waals surface area (Å²) in [5, 5.41) is -0.637. The zero-order valence-electron chi connectivity index (χ0n) is 7.04. The van der Waals surface area contributed by atoms with E-state index in [-0.39, 0.29) is 23.5 Å². The minimum atomic E-state index is -3.52. The van der Waals surface area contributed by atoms with Gasteiger partial charge in [-0.1, -0.05) is 0 Å². The lowest BCUT2D eigenvalue weighted by molar-refractivity contribution is 0.262. The van der Waals surface area contributed by atoms with Gasteiger partial charge in [0, 0.05) is 5.38 Å². The smallest absolute Gasteiger partial charge is 0.324 e. The third kappa shape index (κ3) is 7.38.